The van der Waals surface area contributed by atoms with Gasteiger partial charge in [-0.3, -0.25) is 0 Å². The van der Waals surface area contributed by atoms with Crippen LogP contribution in [-0.2, 0) is 11.2 Å². The number of halogens is 1. The molecule has 1 saturated heterocycles. The minimum atomic E-state index is -0.219. The molecule has 0 N–H and O–H groups in total. The van der Waals surface area contributed by atoms with E-state index in [1.165, 1.54) is 12.1 Å². The van der Waals surface area contributed by atoms with Crippen LogP contribution in [0.25, 0.3) is 11.2 Å². The average Bonchev–Trinajstić information content (AvgIpc) is 3.16. The third-order valence-corrected chi connectivity index (χ3v) is 4.07. The number of aromatic nitrogens is 3. The van der Waals surface area contributed by atoms with E-state index in [1.54, 1.807) is 18.3 Å². The van der Waals surface area contributed by atoms with Crippen molar-refractivity contribution in [3.05, 3.63) is 59.8 Å². The zero-order valence-corrected chi connectivity index (χ0v) is 12.1. The van der Waals surface area contributed by atoms with Gasteiger partial charge in [0.15, 0.2) is 5.65 Å². The molecule has 0 bridgehead atoms. The zero-order chi connectivity index (χ0) is 14.9. The van der Waals surface area contributed by atoms with Crippen molar-refractivity contribution in [2.75, 3.05) is 13.2 Å². The Labute approximate surface area is 127 Å². The van der Waals surface area contributed by atoms with E-state index in [-0.39, 0.29) is 11.9 Å². The maximum Gasteiger partial charge on any atom is 0.160 e. The van der Waals surface area contributed by atoms with Gasteiger partial charge in [-0.1, -0.05) is 12.1 Å². The summed E-state index contributed by atoms with van der Waals surface area (Å²) in [6.45, 7) is 1.46. The molecule has 2 aromatic heterocycles. The highest BCUT2D eigenvalue weighted by Gasteiger charge is 2.23. The summed E-state index contributed by atoms with van der Waals surface area (Å²) in [5.41, 5.74) is 2.83. The molecule has 0 saturated carbocycles. The number of nitrogens with zero attached hydrogens (tertiary/aromatic N) is 3. The van der Waals surface area contributed by atoms with Gasteiger partial charge in [0.05, 0.1) is 12.6 Å². The molecular formula is C17H16FN3O. The van der Waals surface area contributed by atoms with Gasteiger partial charge in [0, 0.05) is 19.2 Å². The SMILES string of the molecule is Fc1ccc(Cc2nc3cccnc3n2C2CCOC2)cc1. The molecule has 4 rings (SSSR count). The maximum atomic E-state index is 13.1. The van der Waals surface area contributed by atoms with Crippen LogP contribution in [0.4, 0.5) is 4.39 Å². The monoisotopic (exact) mass is 297 g/mol. The van der Waals surface area contributed by atoms with Crippen molar-refractivity contribution in [1.29, 1.82) is 0 Å². The Hall–Kier alpha value is -2.27. The topological polar surface area (TPSA) is 39.9 Å². The molecule has 112 valence electrons. The third kappa shape index (κ3) is 2.37. The number of hydrogen-bond donors (Lipinski definition) is 0. The fourth-order valence-electron chi connectivity index (χ4n) is 3.00. The second-order valence-corrected chi connectivity index (χ2v) is 5.56. The van der Waals surface area contributed by atoms with E-state index in [2.05, 4.69) is 9.55 Å². The molecular weight excluding hydrogens is 281 g/mol. The fourth-order valence-corrected chi connectivity index (χ4v) is 3.00. The normalized spacial score (nSPS) is 18.1. The number of rotatable bonds is 3. The highest BCUT2D eigenvalue weighted by atomic mass is 19.1. The lowest BCUT2D eigenvalue weighted by atomic mass is 10.1. The van der Waals surface area contributed by atoms with Crippen LogP contribution in [0.1, 0.15) is 23.9 Å². The molecule has 1 aliphatic heterocycles. The summed E-state index contributed by atoms with van der Waals surface area (Å²) in [6.07, 6.45) is 3.42. The van der Waals surface area contributed by atoms with Crippen LogP contribution < -0.4 is 0 Å². The summed E-state index contributed by atoms with van der Waals surface area (Å²) >= 11 is 0. The molecule has 3 heterocycles. The van der Waals surface area contributed by atoms with Crippen LogP contribution in [0, 0.1) is 5.82 Å². The predicted molar refractivity (Wildman–Crippen MR) is 81.2 cm³/mol. The van der Waals surface area contributed by atoms with E-state index in [1.807, 2.05) is 12.1 Å². The Morgan fingerprint density at radius 1 is 1.23 bits per heavy atom. The molecule has 3 aromatic rings. The molecule has 1 aromatic carbocycles. The number of benzene rings is 1. The Bertz CT molecular complexity index is 791. The van der Waals surface area contributed by atoms with Gasteiger partial charge < -0.3 is 9.30 Å². The number of hydrogen-bond acceptors (Lipinski definition) is 3. The number of imidazole rings is 1. The van der Waals surface area contributed by atoms with Gasteiger partial charge in [0.2, 0.25) is 0 Å². The summed E-state index contributed by atoms with van der Waals surface area (Å²) in [5.74, 6) is 0.735. The molecule has 4 nitrogen and oxygen atoms in total. The molecule has 1 unspecified atom stereocenters. The summed E-state index contributed by atoms with van der Waals surface area (Å²) in [4.78, 5) is 9.21. The highest BCUT2D eigenvalue weighted by molar-refractivity contribution is 5.71. The molecule has 0 radical (unpaired) electrons. The minimum absolute atomic E-state index is 0.219. The van der Waals surface area contributed by atoms with Crippen LogP contribution in [0.15, 0.2) is 42.6 Å². The molecule has 0 spiro atoms. The van der Waals surface area contributed by atoms with Crippen LogP contribution in [-0.4, -0.2) is 27.7 Å². The molecule has 1 atom stereocenters. The van der Waals surface area contributed by atoms with Gasteiger partial charge >= 0.3 is 0 Å². The lowest BCUT2D eigenvalue weighted by Gasteiger charge is -2.14. The van der Waals surface area contributed by atoms with E-state index in [0.29, 0.717) is 13.0 Å². The zero-order valence-electron chi connectivity index (χ0n) is 12.1. The fraction of sp³-hybridized carbons (Fsp3) is 0.294. The summed E-state index contributed by atoms with van der Waals surface area (Å²) in [7, 11) is 0. The van der Waals surface area contributed by atoms with Gasteiger partial charge in [-0.15, -0.1) is 0 Å². The van der Waals surface area contributed by atoms with E-state index < -0.39 is 0 Å². The molecule has 0 aliphatic carbocycles. The molecule has 5 heteroatoms. The predicted octanol–water partition coefficient (Wildman–Crippen LogP) is 3.12. The Balaban J connectivity index is 1.78. The second-order valence-electron chi connectivity index (χ2n) is 5.56. The second kappa shape index (κ2) is 5.50. The van der Waals surface area contributed by atoms with E-state index in [9.17, 15) is 4.39 Å². The van der Waals surface area contributed by atoms with E-state index in [4.69, 9.17) is 9.72 Å². The van der Waals surface area contributed by atoms with Crippen LogP contribution in [0.2, 0.25) is 0 Å². The van der Waals surface area contributed by atoms with Crippen LogP contribution in [0.5, 0.6) is 0 Å². The van der Waals surface area contributed by atoms with Gasteiger partial charge in [0.1, 0.15) is 17.2 Å². The van der Waals surface area contributed by atoms with Crippen molar-refractivity contribution in [3.8, 4) is 0 Å². The molecule has 0 amide bonds. The number of pyridine rings is 1. The van der Waals surface area contributed by atoms with Crippen molar-refractivity contribution >= 4 is 11.2 Å². The van der Waals surface area contributed by atoms with Gasteiger partial charge in [-0.2, -0.15) is 0 Å². The smallest absolute Gasteiger partial charge is 0.160 e. The van der Waals surface area contributed by atoms with Crippen molar-refractivity contribution < 1.29 is 9.13 Å². The highest BCUT2D eigenvalue weighted by Crippen LogP contribution is 2.26. The summed E-state index contributed by atoms with van der Waals surface area (Å²) in [6, 6.07) is 10.7. The first-order chi connectivity index (χ1) is 10.8. The van der Waals surface area contributed by atoms with Gasteiger partial charge in [-0.25, -0.2) is 14.4 Å². The quantitative estimate of drug-likeness (QED) is 0.745. The largest absolute Gasteiger partial charge is 0.379 e. The standard InChI is InChI=1S/C17H16FN3O/c18-13-5-3-12(4-6-13)10-16-20-15-2-1-8-19-17(15)21(16)14-7-9-22-11-14/h1-6,8,14H,7,9-11H2. The molecule has 1 fully saturated rings. The van der Waals surface area contributed by atoms with Gasteiger partial charge in [0.25, 0.3) is 0 Å². The van der Waals surface area contributed by atoms with E-state index in [0.717, 1.165) is 35.6 Å². The van der Waals surface area contributed by atoms with E-state index >= 15 is 0 Å². The lowest BCUT2D eigenvalue weighted by Crippen LogP contribution is -2.13. The molecule has 22 heavy (non-hydrogen) atoms. The van der Waals surface area contributed by atoms with Crippen molar-refractivity contribution in [2.45, 2.75) is 18.9 Å². The van der Waals surface area contributed by atoms with Gasteiger partial charge in [-0.05, 0) is 36.2 Å². The number of fused-ring (bicyclic) bond motifs is 1. The first-order valence-electron chi connectivity index (χ1n) is 7.45. The lowest BCUT2D eigenvalue weighted by molar-refractivity contribution is 0.186. The Morgan fingerprint density at radius 3 is 2.86 bits per heavy atom. The summed E-state index contributed by atoms with van der Waals surface area (Å²) < 4.78 is 20.8. The first-order valence-corrected chi connectivity index (χ1v) is 7.45. The van der Waals surface area contributed by atoms with Crippen molar-refractivity contribution in [2.24, 2.45) is 0 Å². The van der Waals surface area contributed by atoms with Crippen LogP contribution >= 0.6 is 0 Å². The Morgan fingerprint density at radius 2 is 2.09 bits per heavy atom. The minimum Gasteiger partial charge on any atom is -0.379 e. The average molecular weight is 297 g/mol. The van der Waals surface area contributed by atoms with Crippen LogP contribution in [0.3, 0.4) is 0 Å². The Kier molecular flexibility index (Phi) is 3.35. The maximum absolute atomic E-state index is 13.1. The first kappa shape index (κ1) is 13.4. The summed E-state index contributed by atoms with van der Waals surface area (Å²) in [5, 5.41) is 0. The molecule has 1 aliphatic rings. The van der Waals surface area contributed by atoms with Crippen molar-refractivity contribution in [3.63, 3.8) is 0 Å². The number of ether oxygens (including phenoxy) is 1. The third-order valence-electron chi connectivity index (χ3n) is 4.07. The van der Waals surface area contributed by atoms with Crippen molar-refractivity contribution in [1.82, 2.24) is 14.5 Å².